The van der Waals surface area contributed by atoms with E-state index in [0.717, 1.165) is 29.8 Å². The first-order valence-corrected chi connectivity index (χ1v) is 9.42. The fraction of sp³-hybridized carbons (Fsp3) is 0.619. The van der Waals surface area contributed by atoms with Crippen molar-refractivity contribution in [3.05, 3.63) is 34.9 Å². The van der Waals surface area contributed by atoms with E-state index in [1.54, 1.807) is 0 Å². The second-order valence-electron chi connectivity index (χ2n) is 7.88. The van der Waals surface area contributed by atoms with Gasteiger partial charge in [0.1, 0.15) is 0 Å². The Labute approximate surface area is 152 Å². The molecule has 1 aromatic carbocycles. The molecule has 1 saturated heterocycles. The molecule has 0 unspecified atom stereocenters. The number of nitrogens with zero attached hydrogens (tertiary/aromatic N) is 1. The zero-order valence-corrected chi connectivity index (χ0v) is 16.2. The third-order valence-electron chi connectivity index (χ3n) is 5.20. The molecule has 0 radical (unpaired) electrons. The van der Waals surface area contributed by atoms with Crippen LogP contribution in [0.5, 0.6) is 0 Å². The van der Waals surface area contributed by atoms with E-state index >= 15 is 0 Å². The van der Waals surface area contributed by atoms with Crippen LogP contribution >= 0.6 is 0 Å². The van der Waals surface area contributed by atoms with E-state index in [1.807, 2.05) is 32.0 Å². The molecule has 0 aromatic heterocycles. The number of hydrogen-bond donors (Lipinski definition) is 1. The van der Waals surface area contributed by atoms with Crippen LogP contribution in [0.1, 0.15) is 67.4 Å². The topological polar surface area (TPSA) is 49.4 Å². The van der Waals surface area contributed by atoms with Crippen LogP contribution in [0.3, 0.4) is 0 Å². The number of benzene rings is 1. The Morgan fingerprint density at radius 3 is 2.44 bits per heavy atom. The lowest BCUT2D eigenvalue weighted by Crippen LogP contribution is -2.53. The minimum absolute atomic E-state index is 0.0345. The molecular formula is C21H32N2O2. The summed E-state index contributed by atoms with van der Waals surface area (Å²) >= 11 is 0. The Balaban J connectivity index is 1.80. The molecule has 0 spiro atoms. The predicted molar refractivity (Wildman–Crippen MR) is 102 cm³/mol. The molecule has 1 fully saturated rings. The summed E-state index contributed by atoms with van der Waals surface area (Å²) in [6.45, 7) is 11.1. The maximum atomic E-state index is 12.4. The van der Waals surface area contributed by atoms with Crippen LogP contribution in [0.25, 0.3) is 0 Å². The highest BCUT2D eigenvalue weighted by Gasteiger charge is 2.28. The number of hydrogen-bond acceptors (Lipinski definition) is 3. The van der Waals surface area contributed by atoms with Crippen molar-refractivity contribution in [1.82, 2.24) is 10.2 Å². The molecule has 2 rings (SSSR count). The normalized spacial score (nSPS) is 15.8. The van der Waals surface area contributed by atoms with E-state index < -0.39 is 0 Å². The summed E-state index contributed by atoms with van der Waals surface area (Å²) in [5.41, 5.74) is 2.75. The minimum Gasteiger partial charge on any atom is -0.354 e. The number of carbonyl (C=O) groups excluding carboxylic acids is 2. The van der Waals surface area contributed by atoms with Crippen LogP contribution < -0.4 is 5.32 Å². The summed E-state index contributed by atoms with van der Waals surface area (Å²) in [6.07, 6.45) is 4.30. The molecule has 4 heteroatoms. The SMILES string of the molecule is Cc1ccc(C)c(C(=O)CCC(=O)NCC(C)(C)N2CCCCC2)c1. The van der Waals surface area contributed by atoms with Crippen molar-refractivity contribution in [2.24, 2.45) is 0 Å². The number of amides is 1. The largest absolute Gasteiger partial charge is 0.354 e. The smallest absolute Gasteiger partial charge is 0.220 e. The van der Waals surface area contributed by atoms with Gasteiger partial charge < -0.3 is 5.32 Å². The van der Waals surface area contributed by atoms with E-state index in [1.165, 1.54) is 19.3 Å². The molecule has 4 nitrogen and oxygen atoms in total. The van der Waals surface area contributed by atoms with Crippen molar-refractivity contribution in [2.75, 3.05) is 19.6 Å². The monoisotopic (exact) mass is 344 g/mol. The average molecular weight is 344 g/mol. The Morgan fingerprint density at radius 1 is 1.08 bits per heavy atom. The van der Waals surface area contributed by atoms with Gasteiger partial charge >= 0.3 is 0 Å². The van der Waals surface area contributed by atoms with Crippen molar-refractivity contribution < 1.29 is 9.59 Å². The number of rotatable bonds is 7. The molecule has 1 heterocycles. The quantitative estimate of drug-likeness (QED) is 0.768. The van der Waals surface area contributed by atoms with Crippen molar-refractivity contribution in [2.45, 2.75) is 65.3 Å². The maximum absolute atomic E-state index is 12.4. The molecule has 138 valence electrons. The number of nitrogens with one attached hydrogen (secondary N) is 1. The van der Waals surface area contributed by atoms with Crippen LogP contribution in [0.4, 0.5) is 0 Å². The van der Waals surface area contributed by atoms with Gasteiger partial charge in [-0.2, -0.15) is 0 Å². The highest BCUT2D eigenvalue weighted by molar-refractivity contribution is 5.99. The maximum Gasteiger partial charge on any atom is 0.220 e. The van der Waals surface area contributed by atoms with Gasteiger partial charge in [0.05, 0.1) is 0 Å². The van der Waals surface area contributed by atoms with Crippen LogP contribution in [-0.4, -0.2) is 41.8 Å². The van der Waals surface area contributed by atoms with Gasteiger partial charge in [0.15, 0.2) is 5.78 Å². The van der Waals surface area contributed by atoms with Crippen LogP contribution in [0, 0.1) is 13.8 Å². The molecular weight excluding hydrogens is 312 g/mol. The molecule has 1 aliphatic rings. The van der Waals surface area contributed by atoms with E-state index in [-0.39, 0.29) is 30.1 Å². The second kappa shape index (κ2) is 8.61. The summed E-state index contributed by atoms with van der Waals surface area (Å²) in [7, 11) is 0. The molecule has 1 aliphatic heterocycles. The average Bonchev–Trinajstić information content (AvgIpc) is 2.60. The summed E-state index contributed by atoms with van der Waals surface area (Å²) in [5.74, 6) is 0.00961. The molecule has 1 N–H and O–H groups in total. The van der Waals surface area contributed by atoms with E-state index in [4.69, 9.17) is 0 Å². The molecule has 0 saturated carbocycles. The first kappa shape index (κ1) is 19.6. The first-order valence-electron chi connectivity index (χ1n) is 9.42. The van der Waals surface area contributed by atoms with Crippen LogP contribution in [0.15, 0.2) is 18.2 Å². The fourth-order valence-electron chi connectivity index (χ4n) is 3.41. The molecule has 1 aromatic rings. The lowest BCUT2D eigenvalue weighted by atomic mass is 9.98. The van der Waals surface area contributed by atoms with Gasteiger partial charge in [-0.1, -0.05) is 24.1 Å². The molecule has 0 bridgehead atoms. The number of Topliss-reactive ketones (excluding diaryl/α,β-unsaturated/α-hetero) is 1. The van der Waals surface area contributed by atoms with Gasteiger partial charge in [0, 0.05) is 30.5 Å². The van der Waals surface area contributed by atoms with E-state index in [0.29, 0.717) is 6.54 Å². The second-order valence-corrected chi connectivity index (χ2v) is 7.88. The zero-order chi connectivity index (χ0) is 18.4. The molecule has 25 heavy (non-hydrogen) atoms. The highest BCUT2D eigenvalue weighted by atomic mass is 16.2. The Morgan fingerprint density at radius 2 is 1.76 bits per heavy atom. The molecule has 0 atom stereocenters. The lowest BCUT2D eigenvalue weighted by Gasteiger charge is -2.41. The number of ketones is 1. The summed E-state index contributed by atoms with van der Waals surface area (Å²) in [5, 5.41) is 3.02. The van der Waals surface area contributed by atoms with Gasteiger partial charge in [-0.05, 0) is 65.3 Å². The summed E-state index contributed by atoms with van der Waals surface area (Å²) < 4.78 is 0. The predicted octanol–water partition coefficient (Wildman–Crippen LogP) is 3.65. The zero-order valence-electron chi connectivity index (χ0n) is 16.2. The first-order chi connectivity index (χ1) is 11.8. The Bertz CT molecular complexity index is 616. The van der Waals surface area contributed by atoms with Gasteiger partial charge in [0.2, 0.25) is 5.91 Å². The third-order valence-corrected chi connectivity index (χ3v) is 5.20. The van der Waals surface area contributed by atoms with Gasteiger partial charge in [0.25, 0.3) is 0 Å². The van der Waals surface area contributed by atoms with Gasteiger partial charge in [-0.25, -0.2) is 0 Å². The Kier molecular flexibility index (Phi) is 6.77. The van der Waals surface area contributed by atoms with Crippen molar-refractivity contribution in [3.63, 3.8) is 0 Å². The van der Waals surface area contributed by atoms with Crippen LogP contribution in [0.2, 0.25) is 0 Å². The number of carbonyl (C=O) groups is 2. The molecule has 1 amide bonds. The summed E-state index contributed by atoms with van der Waals surface area (Å²) in [6, 6.07) is 5.88. The van der Waals surface area contributed by atoms with Crippen molar-refractivity contribution in [3.8, 4) is 0 Å². The fourth-order valence-corrected chi connectivity index (χ4v) is 3.41. The third kappa shape index (κ3) is 5.67. The standard InChI is InChI=1S/C21H32N2O2/c1-16-8-9-17(2)18(14-16)19(24)10-11-20(25)22-15-21(3,4)23-12-6-5-7-13-23/h8-9,14H,5-7,10-13,15H2,1-4H3,(H,22,25). The van der Waals surface area contributed by atoms with Crippen molar-refractivity contribution in [1.29, 1.82) is 0 Å². The molecule has 0 aliphatic carbocycles. The van der Waals surface area contributed by atoms with E-state index in [2.05, 4.69) is 24.1 Å². The number of aryl methyl sites for hydroxylation is 2. The van der Waals surface area contributed by atoms with Crippen LogP contribution in [-0.2, 0) is 4.79 Å². The van der Waals surface area contributed by atoms with Gasteiger partial charge in [-0.15, -0.1) is 0 Å². The number of piperidine rings is 1. The number of likely N-dealkylation sites (tertiary alicyclic amines) is 1. The highest BCUT2D eigenvalue weighted by Crippen LogP contribution is 2.20. The summed E-state index contributed by atoms with van der Waals surface area (Å²) in [4.78, 5) is 27.0. The van der Waals surface area contributed by atoms with E-state index in [9.17, 15) is 9.59 Å². The van der Waals surface area contributed by atoms with Crippen molar-refractivity contribution >= 4 is 11.7 Å². The lowest BCUT2D eigenvalue weighted by molar-refractivity contribution is -0.121. The minimum atomic E-state index is -0.0382. The van der Waals surface area contributed by atoms with Gasteiger partial charge in [-0.3, -0.25) is 14.5 Å². The Hall–Kier alpha value is -1.68.